The fraction of sp³-hybridized carbons (Fsp3) is 0.0357. The molecule has 0 radical (unpaired) electrons. The third kappa shape index (κ3) is 4.01. The maximum Gasteiger partial charge on any atom is 0.284 e. The van der Waals surface area contributed by atoms with Gasteiger partial charge in [0.25, 0.3) is 11.8 Å². The second-order valence-electron chi connectivity index (χ2n) is 8.98. The fourth-order valence-corrected chi connectivity index (χ4v) is 5.89. The minimum atomic E-state index is -0.770. The molecule has 0 bridgehead atoms. The predicted octanol–water partition coefficient (Wildman–Crippen LogP) is 5.88. The normalized spacial score (nSPS) is 14.5. The van der Waals surface area contributed by atoms with E-state index in [2.05, 4.69) is 25.7 Å². The molecule has 0 fully saturated rings. The van der Waals surface area contributed by atoms with Gasteiger partial charge in [-0.15, -0.1) is 11.3 Å². The highest BCUT2D eigenvalue weighted by Gasteiger charge is 2.35. The number of halogens is 2. The number of aromatic nitrogens is 4. The first kappa shape index (κ1) is 23.4. The number of fused-ring (bicyclic) bond motifs is 3. The maximum absolute atomic E-state index is 14.2. The summed E-state index contributed by atoms with van der Waals surface area (Å²) in [6.07, 6.45) is 3.24. The molecule has 1 aliphatic rings. The fourth-order valence-electron chi connectivity index (χ4n) is 4.81. The Morgan fingerprint density at radius 1 is 1.08 bits per heavy atom. The molecule has 7 rings (SSSR count). The van der Waals surface area contributed by atoms with Crippen LogP contribution >= 0.6 is 22.9 Å². The molecule has 2 amide bonds. The van der Waals surface area contributed by atoms with Crippen LogP contribution in [0.2, 0.25) is 5.02 Å². The number of thiazole rings is 1. The van der Waals surface area contributed by atoms with Crippen LogP contribution in [0, 0.1) is 5.82 Å². The van der Waals surface area contributed by atoms with Crippen LogP contribution in [-0.4, -0.2) is 31.4 Å². The van der Waals surface area contributed by atoms with Crippen molar-refractivity contribution in [3.63, 3.8) is 0 Å². The van der Waals surface area contributed by atoms with Crippen molar-refractivity contribution < 1.29 is 14.0 Å². The summed E-state index contributed by atoms with van der Waals surface area (Å²) in [7, 11) is 0. The molecule has 11 heteroatoms. The average molecular weight is 555 g/mol. The second kappa shape index (κ2) is 8.97. The van der Waals surface area contributed by atoms with Crippen LogP contribution in [0.4, 0.5) is 10.1 Å². The molecule has 190 valence electrons. The van der Waals surface area contributed by atoms with Crippen molar-refractivity contribution in [1.29, 1.82) is 0 Å². The SMILES string of the molecule is O=C(Nc1cc(-c2ccc3ncnn3c2)cc2c1C(c1cc(F)ccc1Cl)NC2=O)c1nc2ccccc2s1. The summed E-state index contributed by atoms with van der Waals surface area (Å²) in [4.78, 5) is 35.3. The molecule has 0 saturated heterocycles. The summed E-state index contributed by atoms with van der Waals surface area (Å²) in [5.74, 6) is -1.28. The van der Waals surface area contributed by atoms with E-state index < -0.39 is 17.8 Å². The van der Waals surface area contributed by atoms with Crippen molar-refractivity contribution in [3.8, 4) is 11.1 Å². The van der Waals surface area contributed by atoms with Crippen molar-refractivity contribution in [2.24, 2.45) is 0 Å². The van der Waals surface area contributed by atoms with Crippen LogP contribution in [0.3, 0.4) is 0 Å². The van der Waals surface area contributed by atoms with Crippen molar-refractivity contribution >= 4 is 56.3 Å². The number of amides is 2. The van der Waals surface area contributed by atoms with E-state index in [0.717, 1.165) is 10.3 Å². The number of pyridine rings is 1. The molecule has 3 aromatic heterocycles. The van der Waals surface area contributed by atoms with E-state index >= 15 is 0 Å². The quantitative estimate of drug-likeness (QED) is 0.283. The van der Waals surface area contributed by atoms with E-state index in [4.69, 9.17) is 11.6 Å². The predicted molar refractivity (Wildman–Crippen MR) is 147 cm³/mol. The molecular formula is C28H16ClFN6O2S. The summed E-state index contributed by atoms with van der Waals surface area (Å²) in [6.45, 7) is 0. The van der Waals surface area contributed by atoms with Gasteiger partial charge in [0, 0.05) is 39.2 Å². The van der Waals surface area contributed by atoms with Gasteiger partial charge in [-0.05, 0) is 60.2 Å². The van der Waals surface area contributed by atoms with Gasteiger partial charge in [-0.25, -0.2) is 18.9 Å². The van der Waals surface area contributed by atoms with Crippen LogP contribution in [0.15, 0.2) is 79.3 Å². The Hall–Kier alpha value is -4.67. The summed E-state index contributed by atoms with van der Waals surface area (Å²) in [5.41, 5.74) is 4.42. The Kier molecular flexibility index (Phi) is 5.39. The highest BCUT2D eigenvalue weighted by atomic mass is 35.5. The van der Waals surface area contributed by atoms with E-state index in [0.29, 0.717) is 44.1 Å². The van der Waals surface area contributed by atoms with Crippen molar-refractivity contribution in [2.45, 2.75) is 6.04 Å². The topological polar surface area (TPSA) is 101 Å². The molecular weight excluding hydrogens is 539 g/mol. The van der Waals surface area contributed by atoms with Gasteiger partial charge in [0.2, 0.25) is 0 Å². The van der Waals surface area contributed by atoms with Crippen molar-refractivity contribution in [3.05, 3.63) is 112 Å². The number of rotatable bonds is 4. The zero-order valence-corrected chi connectivity index (χ0v) is 21.4. The summed E-state index contributed by atoms with van der Waals surface area (Å²) in [6, 6.07) is 17.9. The third-order valence-electron chi connectivity index (χ3n) is 6.60. The van der Waals surface area contributed by atoms with Gasteiger partial charge in [0.05, 0.1) is 16.3 Å². The number of nitrogens with one attached hydrogen (secondary N) is 2. The number of carbonyl (C=O) groups excluding carboxylic acids is 2. The molecule has 0 saturated carbocycles. The Labute approximate surface area is 229 Å². The molecule has 6 aromatic rings. The van der Waals surface area contributed by atoms with Crippen LogP contribution in [0.5, 0.6) is 0 Å². The maximum atomic E-state index is 14.2. The molecule has 1 aliphatic heterocycles. The smallest absolute Gasteiger partial charge is 0.284 e. The molecule has 1 atom stereocenters. The van der Waals surface area contributed by atoms with Gasteiger partial charge in [0.15, 0.2) is 10.7 Å². The molecule has 0 aliphatic carbocycles. The molecule has 1 unspecified atom stereocenters. The first-order valence-electron chi connectivity index (χ1n) is 11.8. The standard InChI is InChI=1S/C28H16ClFN6O2S/c29-19-7-6-16(30)11-17(19)25-24-18(26(37)35-25)9-15(14-5-8-23-31-13-32-36(23)12-14)10-21(24)33-27(38)28-34-20-3-1-2-4-22(20)39-28/h1-13,25H,(H,33,38)(H,35,37). The number of para-hydroxylation sites is 1. The van der Waals surface area contributed by atoms with E-state index in [-0.39, 0.29) is 10.9 Å². The first-order chi connectivity index (χ1) is 18.9. The lowest BCUT2D eigenvalue weighted by molar-refractivity contribution is 0.0959. The highest BCUT2D eigenvalue weighted by molar-refractivity contribution is 7.20. The van der Waals surface area contributed by atoms with Gasteiger partial charge in [0.1, 0.15) is 12.1 Å². The lowest BCUT2D eigenvalue weighted by Gasteiger charge is -2.18. The van der Waals surface area contributed by atoms with Crippen molar-refractivity contribution in [1.82, 2.24) is 24.9 Å². The van der Waals surface area contributed by atoms with Crippen LogP contribution in [0.25, 0.3) is 27.0 Å². The van der Waals surface area contributed by atoms with Gasteiger partial charge in [-0.2, -0.15) is 5.10 Å². The van der Waals surface area contributed by atoms with Crippen LogP contribution in [0.1, 0.15) is 37.3 Å². The number of benzene rings is 3. The van der Waals surface area contributed by atoms with E-state index in [1.807, 2.05) is 36.4 Å². The van der Waals surface area contributed by atoms with E-state index in [9.17, 15) is 14.0 Å². The Morgan fingerprint density at radius 2 is 1.95 bits per heavy atom. The highest BCUT2D eigenvalue weighted by Crippen LogP contribution is 2.42. The number of anilines is 1. The summed E-state index contributed by atoms with van der Waals surface area (Å²) in [5, 5.41) is 10.6. The van der Waals surface area contributed by atoms with Gasteiger partial charge < -0.3 is 10.6 Å². The zero-order chi connectivity index (χ0) is 26.7. The number of hydrogen-bond donors (Lipinski definition) is 2. The second-order valence-corrected chi connectivity index (χ2v) is 10.4. The number of nitrogens with zero attached hydrogens (tertiary/aromatic N) is 4. The first-order valence-corrected chi connectivity index (χ1v) is 13.0. The van der Waals surface area contributed by atoms with Crippen LogP contribution < -0.4 is 10.6 Å². The zero-order valence-electron chi connectivity index (χ0n) is 19.9. The Bertz CT molecular complexity index is 1940. The minimum absolute atomic E-state index is 0.275. The lowest BCUT2D eigenvalue weighted by atomic mass is 9.93. The summed E-state index contributed by atoms with van der Waals surface area (Å²) < 4.78 is 16.7. The Morgan fingerprint density at radius 3 is 2.82 bits per heavy atom. The number of carbonyl (C=O) groups is 2. The lowest BCUT2D eigenvalue weighted by Crippen LogP contribution is -2.21. The molecule has 39 heavy (non-hydrogen) atoms. The number of hydrogen-bond acceptors (Lipinski definition) is 6. The van der Waals surface area contributed by atoms with Crippen LogP contribution in [-0.2, 0) is 0 Å². The average Bonchev–Trinajstić information content (AvgIpc) is 3.66. The van der Waals surface area contributed by atoms with Gasteiger partial charge in [-0.1, -0.05) is 23.7 Å². The molecule has 4 heterocycles. The molecule has 0 spiro atoms. The van der Waals surface area contributed by atoms with Gasteiger partial charge >= 0.3 is 0 Å². The minimum Gasteiger partial charge on any atom is -0.341 e. The van der Waals surface area contributed by atoms with Gasteiger partial charge in [-0.3, -0.25) is 9.59 Å². The van der Waals surface area contributed by atoms with E-state index in [1.54, 1.807) is 22.8 Å². The Balaban J connectivity index is 1.39. The summed E-state index contributed by atoms with van der Waals surface area (Å²) >= 11 is 7.70. The largest absolute Gasteiger partial charge is 0.341 e. The molecule has 8 nitrogen and oxygen atoms in total. The monoisotopic (exact) mass is 554 g/mol. The van der Waals surface area contributed by atoms with E-state index in [1.165, 1.54) is 35.9 Å². The van der Waals surface area contributed by atoms with Crippen molar-refractivity contribution in [2.75, 3.05) is 5.32 Å². The molecule has 2 N–H and O–H groups in total. The third-order valence-corrected chi connectivity index (χ3v) is 7.98. The molecule has 3 aromatic carbocycles.